The van der Waals surface area contributed by atoms with Crippen LogP contribution >= 0.6 is 12.2 Å². The molecule has 188 valence electrons. The molecule has 1 saturated heterocycles. The Morgan fingerprint density at radius 2 is 1.53 bits per heavy atom. The zero-order valence-corrected chi connectivity index (χ0v) is 22.1. The van der Waals surface area contributed by atoms with Crippen LogP contribution in [0.15, 0.2) is 116 Å². The van der Waals surface area contributed by atoms with Gasteiger partial charge in [-0.2, -0.15) is 0 Å². The summed E-state index contributed by atoms with van der Waals surface area (Å²) in [6.45, 7) is 4.18. The van der Waals surface area contributed by atoms with Crippen LogP contribution in [0.25, 0.3) is 5.69 Å². The molecule has 38 heavy (non-hydrogen) atoms. The van der Waals surface area contributed by atoms with Crippen LogP contribution < -0.4 is 15.0 Å². The highest BCUT2D eigenvalue weighted by Crippen LogP contribution is 2.42. The first-order chi connectivity index (χ1) is 18.6. The average molecular weight is 517 g/mol. The molecule has 0 unspecified atom stereocenters. The molecular weight excluding hydrogens is 488 g/mol. The molecule has 0 radical (unpaired) electrons. The van der Waals surface area contributed by atoms with Gasteiger partial charge in [-0.15, -0.1) is 0 Å². The fraction of sp³-hybridized carbons (Fsp3) is 0.125. The van der Waals surface area contributed by atoms with E-state index in [9.17, 15) is 0 Å². The molecule has 2 aromatic heterocycles. The lowest BCUT2D eigenvalue weighted by Crippen LogP contribution is -2.30. The molecule has 0 bridgehead atoms. The van der Waals surface area contributed by atoms with Gasteiger partial charge in [-0.3, -0.25) is 4.98 Å². The second-order valence-corrected chi connectivity index (χ2v) is 9.93. The molecule has 3 heterocycles. The monoisotopic (exact) mass is 516 g/mol. The van der Waals surface area contributed by atoms with Gasteiger partial charge in [-0.05, 0) is 104 Å². The van der Waals surface area contributed by atoms with E-state index in [-0.39, 0.29) is 12.1 Å². The van der Waals surface area contributed by atoms with Crippen LogP contribution in [0.5, 0.6) is 11.5 Å². The fourth-order valence-corrected chi connectivity index (χ4v) is 5.34. The number of thiocarbonyl (C=S) groups is 1. The minimum absolute atomic E-state index is 0.114. The minimum Gasteiger partial charge on any atom is -0.457 e. The summed E-state index contributed by atoms with van der Waals surface area (Å²) in [4.78, 5) is 6.88. The molecule has 1 fully saturated rings. The highest BCUT2D eigenvalue weighted by Gasteiger charge is 2.42. The van der Waals surface area contributed by atoms with Crippen molar-refractivity contribution in [3.63, 3.8) is 0 Å². The predicted octanol–water partition coefficient (Wildman–Crippen LogP) is 7.46. The van der Waals surface area contributed by atoms with E-state index in [2.05, 4.69) is 94.4 Å². The number of hydrogen-bond donors (Lipinski definition) is 1. The van der Waals surface area contributed by atoms with E-state index >= 15 is 0 Å². The molecular formula is C32H28N4OS. The Morgan fingerprint density at radius 1 is 0.763 bits per heavy atom. The largest absolute Gasteiger partial charge is 0.457 e. The van der Waals surface area contributed by atoms with Gasteiger partial charge in [-0.1, -0.05) is 35.9 Å². The first-order valence-electron chi connectivity index (χ1n) is 12.7. The number of ether oxygens (including phenoxy) is 1. The van der Waals surface area contributed by atoms with Crippen molar-refractivity contribution in [2.75, 3.05) is 4.90 Å². The van der Waals surface area contributed by atoms with Crippen molar-refractivity contribution in [1.29, 1.82) is 0 Å². The van der Waals surface area contributed by atoms with Crippen molar-refractivity contribution in [1.82, 2.24) is 14.9 Å². The van der Waals surface area contributed by atoms with Crippen LogP contribution in [0, 0.1) is 13.8 Å². The number of nitrogens with zero attached hydrogens (tertiary/aromatic N) is 3. The maximum absolute atomic E-state index is 6.07. The number of nitrogens with one attached hydrogen (secondary N) is 1. The summed E-state index contributed by atoms with van der Waals surface area (Å²) >= 11 is 5.93. The van der Waals surface area contributed by atoms with Crippen molar-refractivity contribution >= 4 is 23.0 Å². The Bertz CT molecular complexity index is 1560. The van der Waals surface area contributed by atoms with E-state index in [0.717, 1.165) is 34.3 Å². The zero-order chi connectivity index (χ0) is 26.1. The van der Waals surface area contributed by atoms with Crippen LogP contribution in [0.2, 0.25) is 0 Å². The lowest BCUT2D eigenvalue weighted by atomic mass is 10.0. The van der Waals surface area contributed by atoms with Gasteiger partial charge in [0.2, 0.25) is 0 Å². The molecule has 6 rings (SSSR count). The fourth-order valence-electron chi connectivity index (χ4n) is 5.00. The number of anilines is 1. The predicted molar refractivity (Wildman–Crippen MR) is 156 cm³/mol. The summed E-state index contributed by atoms with van der Waals surface area (Å²) in [5.74, 6) is 1.59. The lowest BCUT2D eigenvalue weighted by molar-refractivity contribution is 0.482. The van der Waals surface area contributed by atoms with Crippen LogP contribution in [0.4, 0.5) is 5.69 Å². The van der Waals surface area contributed by atoms with Crippen LogP contribution in [0.1, 0.15) is 34.6 Å². The molecule has 3 aromatic carbocycles. The van der Waals surface area contributed by atoms with E-state index in [1.165, 1.54) is 11.1 Å². The molecule has 0 spiro atoms. The summed E-state index contributed by atoms with van der Waals surface area (Å²) in [6, 6.07) is 34.7. The lowest BCUT2D eigenvalue weighted by Gasteiger charge is -2.29. The van der Waals surface area contributed by atoms with Gasteiger partial charge in [0.05, 0.1) is 11.7 Å². The van der Waals surface area contributed by atoms with Crippen LogP contribution in [-0.4, -0.2) is 14.7 Å². The van der Waals surface area contributed by atoms with Gasteiger partial charge in [0.15, 0.2) is 5.11 Å². The van der Waals surface area contributed by atoms with E-state index in [1.807, 2.05) is 54.7 Å². The average Bonchev–Trinajstić information content (AvgIpc) is 3.55. The molecule has 0 aliphatic carbocycles. The number of aromatic nitrogens is 2. The molecule has 1 aliphatic rings. The van der Waals surface area contributed by atoms with E-state index in [0.29, 0.717) is 5.11 Å². The van der Waals surface area contributed by atoms with Crippen molar-refractivity contribution in [2.24, 2.45) is 0 Å². The highest BCUT2D eigenvalue weighted by molar-refractivity contribution is 7.80. The first kappa shape index (κ1) is 23.9. The number of aryl methyl sites for hydroxylation is 2. The third kappa shape index (κ3) is 4.66. The quantitative estimate of drug-likeness (QED) is 0.237. The molecule has 1 N–H and O–H groups in total. The van der Waals surface area contributed by atoms with Gasteiger partial charge in [0.25, 0.3) is 0 Å². The Labute approximate surface area is 228 Å². The van der Waals surface area contributed by atoms with Gasteiger partial charge in [0, 0.05) is 29.5 Å². The number of benzene rings is 3. The highest BCUT2D eigenvalue weighted by atomic mass is 32.1. The van der Waals surface area contributed by atoms with Crippen LogP contribution in [0.3, 0.4) is 0 Å². The van der Waals surface area contributed by atoms with E-state index in [1.54, 1.807) is 0 Å². The summed E-state index contributed by atoms with van der Waals surface area (Å²) in [5, 5.41) is 4.22. The van der Waals surface area contributed by atoms with Gasteiger partial charge >= 0.3 is 0 Å². The second-order valence-electron chi connectivity index (χ2n) is 9.55. The van der Waals surface area contributed by atoms with Crippen molar-refractivity contribution in [3.8, 4) is 17.2 Å². The summed E-state index contributed by atoms with van der Waals surface area (Å²) in [7, 11) is 0. The maximum atomic E-state index is 6.07. The summed E-state index contributed by atoms with van der Waals surface area (Å²) in [6.07, 6.45) is 3.94. The topological polar surface area (TPSA) is 42.3 Å². The Kier molecular flexibility index (Phi) is 6.40. The molecule has 5 aromatic rings. The molecule has 5 nitrogen and oxygen atoms in total. The van der Waals surface area contributed by atoms with Gasteiger partial charge < -0.3 is 19.5 Å². The molecule has 1 aliphatic heterocycles. The van der Waals surface area contributed by atoms with Crippen molar-refractivity contribution in [3.05, 3.63) is 138 Å². The Hall–Kier alpha value is -4.42. The van der Waals surface area contributed by atoms with Crippen LogP contribution in [-0.2, 0) is 0 Å². The summed E-state index contributed by atoms with van der Waals surface area (Å²) in [5.41, 5.74) is 6.58. The third-order valence-corrected chi connectivity index (χ3v) is 7.15. The molecule has 0 saturated carbocycles. The second kappa shape index (κ2) is 10.1. The zero-order valence-electron chi connectivity index (χ0n) is 21.3. The van der Waals surface area contributed by atoms with E-state index in [4.69, 9.17) is 17.0 Å². The molecule has 6 heteroatoms. The minimum atomic E-state index is -0.120. The molecule has 2 atom stereocenters. The Balaban J connectivity index is 1.39. The number of rotatable bonds is 6. The SMILES string of the molecule is Cc1ccc(Oc2ccc(N3C(=S)N[C@@H](c4ccccn4)[C@@H]3c3cccn3-c3cccc(C)c3)cc2)cc1. The normalized spacial score (nSPS) is 16.9. The number of pyridine rings is 1. The van der Waals surface area contributed by atoms with Crippen molar-refractivity contribution < 1.29 is 4.74 Å². The molecule has 0 amide bonds. The van der Waals surface area contributed by atoms with Gasteiger partial charge in [0.1, 0.15) is 17.5 Å². The first-order valence-corrected chi connectivity index (χ1v) is 13.1. The Morgan fingerprint density at radius 3 is 2.24 bits per heavy atom. The van der Waals surface area contributed by atoms with Crippen molar-refractivity contribution in [2.45, 2.75) is 25.9 Å². The number of hydrogen-bond acceptors (Lipinski definition) is 3. The summed E-state index contributed by atoms with van der Waals surface area (Å²) < 4.78 is 8.32. The van der Waals surface area contributed by atoms with Gasteiger partial charge in [-0.25, -0.2) is 0 Å². The standard InChI is InChI=1S/C32H28N4OS/c1-22-11-15-26(16-12-22)37-27-17-13-24(14-18-27)36-31(30(34-32(36)38)28-9-3-4-19-33-28)29-10-6-20-35(29)25-8-5-7-23(2)21-25/h3-21,30-31H,1-2H3,(H,34,38)/t30-,31-/m0/s1. The third-order valence-electron chi connectivity index (χ3n) is 6.83. The van der Waals surface area contributed by atoms with E-state index < -0.39 is 0 Å². The maximum Gasteiger partial charge on any atom is 0.174 e. The smallest absolute Gasteiger partial charge is 0.174 e.